The highest BCUT2D eigenvalue weighted by Gasteiger charge is 2.39. The quantitative estimate of drug-likeness (QED) is 0.0941. The summed E-state index contributed by atoms with van der Waals surface area (Å²) in [5.41, 5.74) is 21.3. The van der Waals surface area contributed by atoms with Crippen molar-refractivity contribution < 1.29 is 0 Å². The molecule has 14 aromatic carbocycles. The molecular formula is C70H42Si. The van der Waals surface area contributed by atoms with E-state index in [-0.39, 0.29) is 0 Å². The highest BCUT2D eigenvalue weighted by atomic mass is 28.3. The monoisotopic (exact) mass is 910 g/mol. The van der Waals surface area contributed by atoms with Gasteiger partial charge in [0, 0.05) is 0 Å². The van der Waals surface area contributed by atoms with E-state index in [2.05, 4.69) is 231 Å². The molecule has 17 rings (SSSR count). The van der Waals surface area contributed by atoms with E-state index in [1.54, 1.807) is 0 Å². The summed E-state index contributed by atoms with van der Waals surface area (Å²) in [6.07, 6.45) is 0. The number of benzene rings is 14. The summed E-state index contributed by atoms with van der Waals surface area (Å²) in [4.78, 5) is 0. The van der Waals surface area contributed by atoms with Crippen LogP contribution < -0.4 is 10.4 Å². The van der Waals surface area contributed by atoms with Gasteiger partial charge in [0.2, 0.25) is 0 Å². The van der Waals surface area contributed by atoms with Crippen LogP contribution in [0.1, 0.15) is 0 Å². The minimum absolute atomic E-state index is 1.29. The van der Waals surface area contributed by atoms with Gasteiger partial charge in [0.05, 0.1) is 0 Å². The zero-order valence-corrected chi connectivity index (χ0v) is 40.3. The number of rotatable bonds is 3. The number of hydrogen-bond donors (Lipinski definition) is 0. The first-order chi connectivity index (χ1) is 35.0. The van der Waals surface area contributed by atoms with Gasteiger partial charge in [0.25, 0.3) is 0 Å². The molecule has 0 saturated heterocycles. The van der Waals surface area contributed by atoms with Crippen molar-refractivity contribution in [1.82, 2.24) is 0 Å². The van der Waals surface area contributed by atoms with Crippen LogP contribution in [0.2, 0.25) is 13.1 Å². The van der Waals surface area contributed by atoms with E-state index in [9.17, 15) is 0 Å². The molecule has 1 heterocycles. The molecule has 0 nitrogen and oxygen atoms in total. The van der Waals surface area contributed by atoms with Crippen molar-refractivity contribution in [3.05, 3.63) is 218 Å². The van der Waals surface area contributed by atoms with Crippen LogP contribution >= 0.6 is 0 Å². The Labute approximate surface area is 412 Å². The van der Waals surface area contributed by atoms with E-state index >= 15 is 0 Å². The molecule has 326 valence electrons. The zero-order valence-electron chi connectivity index (χ0n) is 39.3. The van der Waals surface area contributed by atoms with Gasteiger partial charge in [-0.05, 0) is 187 Å². The molecule has 0 saturated carbocycles. The first kappa shape index (κ1) is 38.3. The lowest BCUT2D eigenvalue weighted by atomic mass is 9.82. The molecule has 3 aliphatic rings. The van der Waals surface area contributed by atoms with Gasteiger partial charge in [-0.25, -0.2) is 0 Å². The van der Waals surface area contributed by atoms with Crippen LogP contribution in [0.5, 0.6) is 0 Å². The molecule has 0 spiro atoms. The second-order valence-electron chi connectivity index (χ2n) is 21.0. The van der Waals surface area contributed by atoms with Gasteiger partial charge < -0.3 is 0 Å². The van der Waals surface area contributed by atoms with Gasteiger partial charge in [0.15, 0.2) is 0 Å². The summed E-state index contributed by atoms with van der Waals surface area (Å²) in [7, 11) is -2.28. The summed E-state index contributed by atoms with van der Waals surface area (Å²) in [5, 5.41) is 21.6. The molecule has 0 fully saturated rings. The van der Waals surface area contributed by atoms with Crippen LogP contribution in [-0.4, -0.2) is 8.07 Å². The normalized spacial score (nSPS) is 13.6. The largest absolute Gasteiger partial charge is 0.113 e. The molecule has 2 aliphatic carbocycles. The molecule has 1 aliphatic heterocycles. The molecule has 0 unspecified atom stereocenters. The Hall–Kier alpha value is -8.62. The van der Waals surface area contributed by atoms with E-state index in [0.717, 1.165) is 0 Å². The fraction of sp³-hybridized carbons (Fsp3) is 0.0286. The van der Waals surface area contributed by atoms with Crippen LogP contribution in [0, 0.1) is 0 Å². The van der Waals surface area contributed by atoms with E-state index in [1.807, 2.05) is 0 Å². The third kappa shape index (κ3) is 4.80. The molecule has 0 N–H and O–H groups in total. The SMILES string of the molecule is C[Si]1(C)c2cc(-c3cc4cccc5ccc6cccc3c6c54)ccc2-c2cc3c(-c4ccc5c6c(cccc46)-c4ccccc4-5)c4ccccc4c(-c4ccc5c6c(cccc46)-c4ccccc4-5)c3cc21. The molecule has 0 atom stereocenters. The summed E-state index contributed by atoms with van der Waals surface area (Å²) in [6, 6.07) is 84.3. The Morgan fingerprint density at radius 1 is 0.225 bits per heavy atom. The van der Waals surface area contributed by atoms with E-state index in [1.165, 1.54) is 175 Å². The molecule has 0 amide bonds. The first-order valence-corrected chi connectivity index (χ1v) is 28.2. The van der Waals surface area contributed by atoms with E-state index in [0.29, 0.717) is 0 Å². The molecule has 0 bridgehead atoms. The Bertz CT molecular complexity index is 4720. The van der Waals surface area contributed by atoms with Crippen molar-refractivity contribution in [3.8, 4) is 89.0 Å². The summed E-state index contributed by atoms with van der Waals surface area (Å²) in [5.74, 6) is 0. The minimum Gasteiger partial charge on any atom is -0.0616 e. The van der Waals surface area contributed by atoms with Gasteiger partial charge in [-0.15, -0.1) is 0 Å². The topological polar surface area (TPSA) is 0 Å². The van der Waals surface area contributed by atoms with Gasteiger partial charge in [-0.1, -0.05) is 219 Å². The third-order valence-electron chi connectivity index (χ3n) is 17.3. The summed E-state index contributed by atoms with van der Waals surface area (Å²) in [6.45, 7) is 5.19. The second-order valence-corrected chi connectivity index (χ2v) is 25.3. The summed E-state index contributed by atoms with van der Waals surface area (Å²) < 4.78 is 0. The molecular weight excluding hydrogens is 869 g/mol. The van der Waals surface area contributed by atoms with E-state index < -0.39 is 8.07 Å². The zero-order chi connectivity index (χ0) is 46.4. The Morgan fingerprint density at radius 3 is 1.25 bits per heavy atom. The van der Waals surface area contributed by atoms with Crippen LogP contribution in [0.4, 0.5) is 0 Å². The Morgan fingerprint density at radius 2 is 0.648 bits per heavy atom. The van der Waals surface area contributed by atoms with Crippen LogP contribution in [0.15, 0.2) is 218 Å². The van der Waals surface area contributed by atoms with Crippen LogP contribution in [0.25, 0.3) is 164 Å². The van der Waals surface area contributed by atoms with Crippen LogP contribution in [0.3, 0.4) is 0 Å². The van der Waals surface area contributed by atoms with Crippen molar-refractivity contribution in [1.29, 1.82) is 0 Å². The lowest BCUT2D eigenvalue weighted by molar-refractivity contribution is 1.68. The molecule has 71 heavy (non-hydrogen) atoms. The number of fused-ring (bicyclic) bond motifs is 11. The lowest BCUT2D eigenvalue weighted by Gasteiger charge is -2.24. The predicted octanol–water partition coefficient (Wildman–Crippen LogP) is 18.3. The molecule has 0 aromatic heterocycles. The maximum atomic E-state index is 2.67. The van der Waals surface area contributed by atoms with Crippen molar-refractivity contribution >= 4 is 93.9 Å². The molecule has 14 aromatic rings. The van der Waals surface area contributed by atoms with Crippen molar-refractivity contribution in [3.63, 3.8) is 0 Å². The minimum atomic E-state index is -2.28. The van der Waals surface area contributed by atoms with Gasteiger partial charge in [-0.2, -0.15) is 0 Å². The standard InChI is InChI=1S/C70H42Si/c1-71(2)63-36-41(59-35-42-15-9-13-39-27-28-40-14-10-22-54(59)66(40)65(39)42)29-30-47(63)60-37-61-62(38-64(60)71)70(58-34-32-56-46-19-6-4-17-44(46)49-24-12-26-53(58)68(49)56)51-21-8-7-20-50(51)69(61)57-33-31-55-45-18-5-3-16-43(45)48-23-11-25-52(57)67(48)55/h3-38H,1-2H3. The average Bonchev–Trinajstić information content (AvgIpc) is 4.01. The van der Waals surface area contributed by atoms with Crippen molar-refractivity contribution in [2.24, 2.45) is 0 Å². The summed E-state index contributed by atoms with van der Waals surface area (Å²) >= 11 is 0. The Balaban J connectivity index is 0.970. The average molecular weight is 911 g/mol. The third-order valence-corrected chi connectivity index (χ3v) is 20.8. The predicted molar refractivity (Wildman–Crippen MR) is 308 cm³/mol. The van der Waals surface area contributed by atoms with Gasteiger partial charge >= 0.3 is 0 Å². The molecule has 0 radical (unpaired) electrons. The maximum absolute atomic E-state index is 2.67. The van der Waals surface area contributed by atoms with Crippen LogP contribution in [-0.2, 0) is 0 Å². The number of hydrogen-bond acceptors (Lipinski definition) is 0. The van der Waals surface area contributed by atoms with Crippen molar-refractivity contribution in [2.75, 3.05) is 0 Å². The van der Waals surface area contributed by atoms with E-state index in [4.69, 9.17) is 0 Å². The fourth-order valence-electron chi connectivity index (χ4n) is 14.2. The highest BCUT2D eigenvalue weighted by molar-refractivity contribution is 7.04. The lowest BCUT2D eigenvalue weighted by Crippen LogP contribution is -2.49. The molecule has 1 heteroatoms. The smallest absolute Gasteiger partial charge is 0.0616 e. The van der Waals surface area contributed by atoms with Gasteiger partial charge in [-0.3, -0.25) is 0 Å². The first-order valence-electron chi connectivity index (χ1n) is 25.2. The Kier molecular flexibility index (Phi) is 7.20. The second kappa shape index (κ2) is 13.4. The van der Waals surface area contributed by atoms with Gasteiger partial charge in [0.1, 0.15) is 8.07 Å². The fourth-order valence-corrected chi connectivity index (χ4v) is 17.3. The highest BCUT2D eigenvalue weighted by Crippen LogP contribution is 2.55. The maximum Gasteiger partial charge on any atom is 0.113 e. The van der Waals surface area contributed by atoms with Crippen molar-refractivity contribution in [2.45, 2.75) is 13.1 Å².